The van der Waals surface area contributed by atoms with Crippen molar-refractivity contribution in [2.24, 2.45) is 0 Å². The maximum absolute atomic E-state index is 8.64. The number of rotatable bonds is 7. The van der Waals surface area contributed by atoms with Crippen LogP contribution >= 0.6 is 0 Å². The van der Waals surface area contributed by atoms with Crippen LogP contribution in [-0.2, 0) is 6.42 Å². The van der Waals surface area contributed by atoms with Crippen molar-refractivity contribution in [2.75, 3.05) is 26.7 Å². The van der Waals surface area contributed by atoms with Crippen molar-refractivity contribution in [3.8, 4) is 0 Å². The second kappa shape index (κ2) is 6.62. The fourth-order valence-electron chi connectivity index (χ4n) is 1.44. The number of nitrogens with zero attached hydrogens (tertiary/aromatic N) is 1. The van der Waals surface area contributed by atoms with Gasteiger partial charge in [-0.05, 0) is 38.6 Å². The van der Waals surface area contributed by atoms with Crippen molar-refractivity contribution in [2.45, 2.75) is 19.3 Å². The van der Waals surface area contributed by atoms with Gasteiger partial charge in [0.1, 0.15) is 0 Å². The van der Waals surface area contributed by atoms with Gasteiger partial charge in [-0.1, -0.05) is 0 Å². The van der Waals surface area contributed by atoms with E-state index in [-0.39, 0.29) is 0 Å². The Kier molecular flexibility index (Phi) is 5.33. The van der Waals surface area contributed by atoms with Crippen LogP contribution in [0.5, 0.6) is 0 Å². The monoisotopic (exact) mass is 196 g/mol. The van der Waals surface area contributed by atoms with Crippen LogP contribution in [0.1, 0.15) is 18.5 Å². The summed E-state index contributed by atoms with van der Waals surface area (Å²) < 4.78 is 0. The van der Waals surface area contributed by atoms with E-state index < -0.39 is 0 Å². The Morgan fingerprint density at radius 1 is 1.36 bits per heavy atom. The van der Waals surface area contributed by atoms with Gasteiger partial charge in [-0.2, -0.15) is 0 Å². The van der Waals surface area contributed by atoms with Crippen LogP contribution in [-0.4, -0.2) is 41.7 Å². The molecule has 0 aliphatic carbocycles. The summed E-state index contributed by atoms with van der Waals surface area (Å²) in [7, 11) is 2.13. The number of nitrogens with one attached hydrogen (secondary N) is 1. The van der Waals surface area contributed by atoms with Gasteiger partial charge in [0.2, 0.25) is 0 Å². The second-order valence-electron chi connectivity index (χ2n) is 3.68. The third kappa shape index (κ3) is 4.44. The van der Waals surface area contributed by atoms with E-state index in [0.717, 1.165) is 32.4 Å². The molecule has 80 valence electrons. The van der Waals surface area contributed by atoms with E-state index in [0.29, 0.717) is 6.61 Å². The van der Waals surface area contributed by atoms with Crippen LogP contribution in [0.3, 0.4) is 0 Å². The Morgan fingerprint density at radius 2 is 2.21 bits per heavy atom. The average molecular weight is 196 g/mol. The zero-order valence-electron chi connectivity index (χ0n) is 8.87. The lowest BCUT2D eigenvalue weighted by Gasteiger charge is -2.15. The SMILES string of the molecule is CN(CCCCO)CCc1ccc[nH]1. The van der Waals surface area contributed by atoms with Crippen LogP contribution in [0.2, 0.25) is 0 Å². The number of hydrogen-bond donors (Lipinski definition) is 2. The molecule has 2 N–H and O–H groups in total. The number of likely N-dealkylation sites (N-methyl/N-ethyl adjacent to an activating group) is 1. The summed E-state index contributed by atoms with van der Waals surface area (Å²) in [5, 5.41) is 8.64. The number of H-pyrrole nitrogens is 1. The highest BCUT2D eigenvalue weighted by Crippen LogP contribution is 1.98. The Morgan fingerprint density at radius 3 is 2.86 bits per heavy atom. The highest BCUT2D eigenvalue weighted by Gasteiger charge is 1.99. The molecular weight excluding hydrogens is 176 g/mol. The predicted octanol–water partition coefficient (Wildman–Crippen LogP) is 1.26. The predicted molar refractivity (Wildman–Crippen MR) is 58.3 cm³/mol. The molecule has 1 aromatic heterocycles. The quantitative estimate of drug-likeness (QED) is 0.644. The van der Waals surface area contributed by atoms with Crippen molar-refractivity contribution >= 4 is 0 Å². The van der Waals surface area contributed by atoms with E-state index in [2.05, 4.69) is 23.0 Å². The molecule has 0 aromatic carbocycles. The van der Waals surface area contributed by atoms with Crippen molar-refractivity contribution in [1.82, 2.24) is 9.88 Å². The molecular formula is C11H20N2O. The summed E-state index contributed by atoms with van der Waals surface area (Å²) in [6.45, 7) is 2.46. The summed E-state index contributed by atoms with van der Waals surface area (Å²) in [6, 6.07) is 4.14. The van der Waals surface area contributed by atoms with E-state index >= 15 is 0 Å². The molecule has 0 saturated heterocycles. The van der Waals surface area contributed by atoms with Crippen molar-refractivity contribution in [3.05, 3.63) is 24.0 Å². The van der Waals surface area contributed by atoms with Crippen LogP contribution in [0.4, 0.5) is 0 Å². The number of unbranched alkanes of at least 4 members (excludes halogenated alkanes) is 1. The van der Waals surface area contributed by atoms with Gasteiger partial charge in [0.05, 0.1) is 0 Å². The second-order valence-corrected chi connectivity index (χ2v) is 3.68. The van der Waals surface area contributed by atoms with Crippen LogP contribution in [0.15, 0.2) is 18.3 Å². The molecule has 0 aliphatic rings. The first-order chi connectivity index (χ1) is 6.83. The summed E-state index contributed by atoms with van der Waals surface area (Å²) in [5.41, 5.74) is 1.29. The fourth-order valence-corrected chi connectivity index (χ4v) is 1.44. The molecule has 3 heteroatoms. The van der Waals surface area contributed by atoms with Crippen LogP contribution in [0.25, 0.3) is 0 Å². The molecule has 0 unspecified atom stereocenters. The largest absolute Gasteiger partial charge is 0.396 e. The standard InChI is InChI=1S/C11H20N2O/c1-13(8-2-3-10-14)9-6-11-5-4-7-12-11/h4-5,7,12,14H,2-3,6,8-10H2,1H3. The highest BCUT2D eigenvalue weighted by atomic mass is 16.2. The maximum Gasteiger partial charge on any atom is 0.0431 e. The van der Waals surface area contributed by atoms with Crippen molar-refractivity contribution < 1.29 is 5.11 Å². The number of aromatic amines is 1. The molecule has 0 fully saturated rings. The topological polar surface area (TPSA) is 39.3 Å². The first-order valence-corrected chi connectivity index (χ1v) is 5.24. The lowest BCUT2D eigenvalue weighted by atomic mass is 10.2. The molecule has 0 bridgehead atoms. The third-order valence-electron chi connectivity index (χ3n) is 2.37. The smallest absolute Gasteiger partial charge is 0.0431 e. The zero-order chi connectivity index (χ0) is 10.2. The van der Waals surface area contributed by atoms with Crippen LogP contribution in [0, 0.1) is 0 Å². The van der Waals surface area contributed by atoms with Gasteiger partial charge in [0.25, 0.3) is 0 Å². The van der Waals surface area contributed by atoms with Crippen molar-refractivity contribution in [3.63, 3.8) is 0 Å². The number of aliphatic hydroxyl groups excluding tert-OH is 1. The molecule has 1 rings (SSSR count). The Balaban J connectivity index is 2.06. The molecule has 1 heterocycles. The van der Waals surface area contributed by atoms with E-state index in [9.17, 15) is 0 Å². The first kappa shape index (κ1) is 11.3. The number of aromatic nitrogens is 1. The lowest BCUT2D eigenvalue weighted by molar-refractivity contribution is 0.264. The normalized spacial score (nSPS) is 11.1. The van der Waals surface area contributed by atoms with E-state index in [4.69, 9.17) is 5.11 Å². The van der Waals surface area contributed by atoms with Crippen molar-refractivity contribution in [1.29, 1.82) is 0 Å². The van der Waals surface area contributed by atoms with E-state index in [1.807, 2.05) is 12.3 Å². The minimum atomic E-state index is 0.310. The van der Waals surface area contributed by atoms with Gasteiger partial charge in [0.15, 0.2) is 0 Å². The first-order valence-electron chi connectivity index (χ1n) is 5.24. The summed E-state index contributed by atoms with van der Waals surface area (Å²) in [4.78, 5) is 5.50. The van der Waals surface area contributed by atoms with Gasteiger partial charge >= 0.3 is 0 Å². The molecule has 0 saturated carbocycles. The number of aliphatic hydroxyl groups is 1. The fraction of sp³-hybridized carbons (Fsp3) is 0.636. The number of hydrogen-bond acceptors (Lipinski definition) is 2. The molecule has 0 atom stereocenters. The maximum atomic E-state index is 8.64. The minimum absolute atomic E-state index is 0.310. The molecule has 3 nitrogen and oxygen atoms in total. The molecule has 0 radical (unpaired) electrons. The molecule has 14 heavy (non-hydrogen) atoms. The summed E-state index contributed by atoms with van der Waals surface area (Å²) in [6.07, 6.45) is 5.02. The Labute approximate surface area is 85.7 Å². The zero-order valence-corrected chi connectivity index (χ0v) is 8.87. The Hall–Kier alpha value is -0.800. The highest BCUT2D eigenvalue weighted by molar-refractivity contribution is 5.03. The lowest BCUT2D eigenvalue weighted by Crippen LogP contribution is -2.22. The van der Waals surface area contributed by atoms with Crippen LogP contribution < -0.4 is 0 Å². The molecule has 1 aromatic rings. The third-order valence-corrected chi connectivity index (χ3v) is 2.37. The molecule has 0 amide bonds. The minimum Gasteiger partial charge on any atom is -0.396 e. The van der Waals surface area contributed by atoms with Gasteiger partial charge < -0.3 is 15.0 Å². The molecule has 0 aliphatic heterocycles. The Bertz CT molecular complexity index is 221. The van der Waals surface area contributed by atoms with Gasteiger partial charge in [-0.3, -0.25) is 0 Å². The van der Waals surface area contributed by atoms with E-state index in [1.54, 1.807) is 0 Å². The molecule has 0 spiro atoms. The summed E-state index contributed by atoms with van der Waals surface area (Å²) >= 11 is 0. The van der Waals surface area contributed by atoms with Gasteiger partial charge in [-0.25, -0.2) is 0 Å². The average Bonchev–Trinajstić information content (AvgIpc) is 2.68. The van der Waals surface area contributed by atoms with Gasteiger partial charge in [0, 0.05) is 31.5 Å². The van der Waals surface area contributed by atoms with Gasteiger partial charge in [-0.15, -0.1) is 0 Å². The summed E-state index contributed by atoms with van der Waals surface area (Å²) in [5.74, 6) is 0. The van der Waals surface area contributed by atoms with E-state index in [1.165, 1.54) is 5.69 Å².